The van der Waals surface area contributed by atoms with Crippen molar-refractivity contribution >= 4 is 17.8 Å². The fourth-order valence-corrected chi connectivity index (χ4v) is 4.58. The van der Waals surface area contributed by atoms with Crippen LogP contribution >= 0.6 is 0 Å². The predicted octanol–water partition coefficient (Wildman–Crippen LogP) is 3.18. The van der Waals surface area contributed by atoms with Crippen molar-refractivity contribution < 1.29 is 14.4 Å². The topological polar surface area (TPSA) is 78.5 Å². The molecular formula is C24H27N3O3. The predicted molar refractivity (Wildman–Crippen MR) is 113 cm³/mol. The Labute approximate surface area is 176 Å². The number of hydrogen-bond donors (Lipinski definition) is 2. The number of carbonyl (C=O) groups excluding carboxylic acids is 3. The van der Waals surface area contributed by atoms with Crippen molar-refractivity contribution in [2.45, 2.75) is 44.2 Å². The first-order chi connectivity index (χ1) is 14.5. The lowest BCUT2D eigenvalue weighted by atomic mass is 9.82. The smallest absolute Gasteiger partial charge is 0.326 e. The van der Waals surface area contributed by atoms with E-state index in [2.05, 4.69) is 17.6 Å². The normalized spacial score (nSPS) is 23.2. The molecule has 2 fully saturated rings. The van der Waals surface area contributed by atoms with Gasteiger partial charge in [-0.05, 0) is 29.9 Å². The van der Waals surface area contributed by atoms with Gasteiger partial charge in [0, 0.05) is 6.04 Å². The monoisotopic (exact) mass is 405 g/mol. The molecule has 156 valence electrons. The summed E-state index contributed by atoms with van der Waals surface area (Å²) in [6, 6.07) is 17.9. The maximum atomic E-state index is 13.6. The Kier molecular flexibility index (Phi) is 5.57. The van der Waals surface area contributed by atoms with E-state index in [9.17, 15) is 14.4 Å². The third-order valence-electron chi connectivity index (χ3n) is 6.28. The van der Waals surface area contributed by atoms with Gasteiger partial charge in [-0.15, -0.1) is 0 Å². The van der Waals surface area contributed by atoms with E-state index in [0.717, 1.165) is 24.2 Å². The number of amides is 4. The van der Waals surface area contributed by atoms with Crippen molar-refractivity contribution in [3.8, 4) is 0 Å². The van der Waals surface area contributed by atoms with E-state index < -0.39 is 17.5 Å². The average molecular weight is 405 g/mol. The second-order valence-electron chi connectivity index (χ2n) is 8.24. The molecule has 2 aliphatic rings. The molecular weight excluding hydrogens is 378 g/mol. The Morgan fingerprint density at radius 1 is 1.00 bits per heavy atom. The minimum atomic E-state index is -1.34. The lowest BCUT2D eigenvalue weighted by molar-refractivity contribution is -0.134. The molecule has 2 unspecified atom stereocenters. The third kappa shape index (κ3) is 3.58. The molecule has 0 spiro atoms. The van der Waals surface area contributed by atoms with Crippen LogP contribution < -0.4 is 10.6 Å². The zero-order valence-electron chi connectivity index (χ0n) is 17.1. The molecule has 0 bridgehead atoms. The molecule has 0 radical (unpaired) electrons. The summed E-state index contributed by atoms with van der Waals surface area (Å²) >= 11 is 0. The van der Waals surface area contributed by atoms with Crippen molar-refractivity contribution in [1.29, 1.82) is 0 Å². The van der Waals surface area contributed by atoms with Gasteiger partial charge in [0.05, 0.1) is 0 Å². The fourth-order valence-electron chi connectivity index (χ4n) is 4.58. The summed E-state index contributed by atoms with van der Waals surface area (Å²) in [7, 11) is 0. The summed E-state index contributed by atoms with van der Waals surface area (Å²) in [5.74, 6) is -0.329. The molecule has 1 saturated carbocycles. The van der Waals surface area contributed by atoms with Crippen LogP contribution in [0.25, 0.3) is 0 Å². The van der Waals surface area contributed by atoms with E-state index in [0.29, 0.717) is 17.0 Å². The SMILES string of the molecule is CC1CCCCC1NC(=O)CN1C(=O)NC(c2ccccc2)(c2ccccc2)C1=O. The van der Waals surface area contributed by atoms with Crippen LogP contribution in [0.3, 0.4) is 0 Å². The van der Waals surface area contributed by atoms with Crippen molar-refractivity contribution in [3.05, 3.63) is 71.8 Å². The van der Waals surface area contributed by atoms with Crippen LogP contribution in [0.2, 0.25) is 0 Å². The third-order valence-corrected chi connectivity index (χ3v) is 6.28. The van der Waals surface area contributed by atoms with Crippen LogP contribution in [0.5, 0.6) is 0 Å². The first-order valence-electron chi connectivity index (χ1n) is 10.6. The van der Waals surface area contributed by atoms with Crippen molar-refractivity contribution in [3.63, 3.8) is 0 Å². The maximum absolute atomic E-state index is 13.6. The molecule has 1 aliphatic heterocycles. The molecule has 2 N–H and O–H groups in total. The Morgan fingerprint density at radius 2 is 1.57 bits per heavy atom. The number of nitrogens with one attached hydrogen (secondary N) is 2. The van der Waals surface area contributed by atoms with Gasteiger partial charge < -0.3 is 10.6 Å². The van der Waals surface area contributed by atoms with Gasteiger partial charge in [0.25, 0.3) is 5.91 Å². The van der Waals surface area contributed by atoms with Crippen molar-refractivity contribution in [1.82, 2.24) is 15.5 Å². The summed E-state index contributed by atoms with van der Waals surface area (Å²) in [5.41, 5.74) is -0.00501. The first kappa shape index (κ1) is 20.1. The first-order valence-corrected chi connectivity index (χ1v) is 10.6. The molecule has 2 atom stereocenters. The molecule has 2 aromatic rings. The molecule has 4 rings (SSSR count). The van der Waals surface area contributed by atoms with E-state index in [-0.39, 0.29) is 18.5 Å². The molecule has 1 aliphatic carbocycles. The van der Waals surface area contributed by atoms with Gasteiger partial charge in [0.1, 0.15) is 6.54 Å². The van der Waals surface area contributed by atoms with Gasteiger partial charge in [-0.3, -0.25) is 14.5 Å². The summed E-state index contributed by atoms with van der Waals surface area (Å²) in [6.45, 7) is 1.85. The number of imide groups is 1. The summed E-state index contributed by atoms with van der Waals surface area (Å²) in [6.07, 6.45) is 4.28. The second-order valence-corrected chi connectivity index (χ2v) is 8.24. The highest BCUT2D eigenvalue weighted by Crippen LogP contribution is 2.35. The van der Waals surface area contributed by atoms with E-state index in [1.807, 2.05) is 60.7 Å². The maximum Gasteiger partial charge on any atom is 0.326 e. The zero-order valence-corrected chi connectivity index (χ0v) is 17.1. The zero-order chi connectivity index (χ0) is 21.1. The molecule has 4 amide bonds. The molecule has 1 heterocycles. The van der Waals surface area contributed by atoms with E-state index in [1.165, 1.54) is 6.42 Å². The highest BCUT2D eigenvalue weighted by atomic mass is 16.2. The molecule has 2 aromatic carbocycles. The number of benzene rings is 2. The van der Waals surface area contributed by atoms with Crippen molar-refractivity contribution in [2.24, 2.45) is 5.92 Å². The number of urea groups is 1. The molecule has 1 saturated heterocycles. The van der Waals surface area contributed by atoms with Crippen LogP contribution in [0.1, 0.15) is 43.7 Å². The molecule has 30 heavy (non-hydrogen) atoms. The highest BCUT2D eigenvalue weighted by molar-refractivity contribution is 6.11. The highest BCUT2D eigenvalue weighted by Gasteiger charge is 2.54. The van der Waals surface area contributed by atoms with Gasteiger partial charge in [-0.2, -0.15) is 0 Å². The largest absolute Gasteiger partial charge is 0.352 e. The number of rotatable bonds is 5. The summed E-state index contributed by atoms with van der Waals surface area (Å²) in [5, 5.41) is 5.91. The summed E-state index contributed by atoms with van der Waals surface area (Å²) in [4.78, 5) is 40.2. The Balaban J connectivity index is 1.60. The van der Waals surface area contributed by atoms with Gasteiger partial charge in [0.2, 0.25) is 5.91 Å². The lowest BCUT2D eigenvalue weighted by Gasteiger charge is -2.30. The van der Waals surface area contributed by atoms with Gasteiger partial charge in [-0.1, -0.05) is 80.4 Å². The van der Waals surface area contributed by atoms with Gasteiger partial charge >= 0.3 is 6.03 Å². The number of carbonyl (C=O) groups is 3. The average Bonchev–Trinajstić information content (AvgIpc) is 3.02. The van der Waals surface area contributed by atoms with Gasteiger partial charge in [0.15, 0.2) is 5.54 Å². The van der Waals surface area contributed by atoms with E-state index in [1.54, 1.807) is 0 Å². The van der Waals surface area contributed by atoms with Crippen LogP contribution in [-0.4, -0.2) is 35.3 Å². The minimum absolute atomic E-state index is 0.0972. The van der Waals surface area contributed by atoms with E-state index in [4.69, 9.17) is 0 Å². The number of hydrogen-bond acceptors (Lipinski definition) is 3. The fraction of sp³-hybridized carbons (Fsp3) is 0.375. The van der Waals surface area contributed by atoms with Crippen LogP contribution in [0, 0.1) is 5.92 Å². The Hall–Kier alpha value is -3.15. The van der Waals surface area contributed by atoms with E-state index >= 15 is 0 Å². The second kappa shape index (κ2) is 8.30. The Morgan fingerprint density at radius 3 is 2.13 bits per heavy atom. The number of nitrogens with zero attached hydrogens (tertiary/aromatic N) is 1. The standard InChI is InChI=1S/C24H27N3O3/c1-17-10-8-9-15-20(17)25-21(28)16-27-22(29)24(26-23(27)30,18-11-4-2-5-12-18)19-13-6-3-7-14-19/h2-7,11-14,17,20H,8-10,15-16H2,1H3,(H,25,28)(H,26,30). The van der Waals surface area contributed by atoms with Crippen LogP contribution in [0.4, 0.5) is 4.79 Å². The van der Waals surface area contributed by atoms with Crippen LogP contribution in [0.15, 0.2) is 60.7 Å². The Bertz CT molecular complexity index is 890. The van der Waals surface area contributed by atoms with Crippen molar-refractivity contribution in [2.75, 3.05) is 6.54 Å². The minimum Gasteiger partial charge on any atom is -0.352 e. The lowest BCUT2D eigenvalue weighted by Crippen LogP contribution is -2.48. The molecule has 6 heteroatoms. The van der Waals surface area contributed by atoms with Crippen LogP contribution in [-0.2, 0) is 15.1 Å². The summed E-state index contributed by atoms with van der Waals surface area (Å²) < 4.78 is 0. The molecule has 0 aromatic heterocycles. The molecule has 6 nitrogen and oxygen atoms in total. The van der Waals surface area contributed by atoms with Gasteiger partial charge in [-0.25, -0.2) is 4.79 Å². The quantitative estimate of drug-likeness (QED) is 0.750.